The fraction of sp³-hybridized carbons (Fsp3) is 0.333. The molecule has 1 saturated carbocycles. The smallest absolute Gasteiger partial charge is 0.228 e. The highest BCUT2D eigenvalue weighted by molar-refractivity contribution is 6.31. The van der Waals surface area contributed by atoms with E-state index in [9.17, 15) is 10.1 Å². The van der Waals surface area contributed by atoms with Crippen molar-refractivity contribution in [1.29, 1.82) is 5.26 Å². The molecule has 2 aliphatic rings. The van der Waals surface area contributed by atoms with Gasteiger partial charge < -0.3 is 10.1 Å². The number of halogens is 1. The van der Waals surface area contributed by atoms with Crippen LogP contribution in [-0.2, 0) is 4.79 Å². The van der Waals surface area contributed by atoms with E-state index in [0.29, 0.717) is 34.5 Å². The summed E-state index contributed by atoms with van der Waals surface area (Å²) < 4.78 is 6.13. The first kappa shape index (κ1) is 21.1. The molecule has 1 N–H and O–H groups in total. The highest BCUT2D eigenvalue weighted by atomic mass is 35.5. The summed E-state index contributed by atoms with van der Waals surface area (Å²) in [6.07, 6.45) is 11.6. The van der Waals surface area contributed by atoms with Crippen molar-refractivity contribution >= 4 is 23.2 Å². The summed E-state index contributed by atoms with van der Waals surface area (Å²) in [5.41, 5.74) is 1.39. The topological polar surface area (TPSA) is 87.9 Å². The van der Waals surface area contributed by atoms with E-state index in [2.05, 4.69) is 27.4 Å². The van der Waals surface area contributed by atoms with Gasteiger partial charge in [-0.2, -0.15) is 5.26 Å². The van der Waals surface area contributed by atoms with Gasteiger partial charge >= 0.3 is 0 Å². The average Bonchev–Trinajstić information content (AvgIpc) is 3.51. The van der Waals surface area contributed by atoms with Gasteiger partial charge in [-0.25, -0.2) is 9.97 Å². The summed E-state index contributed by atoms with van der Waals surface area (Å²) in [4.78, 5) is 21.7. The highest BCUT2D eigenvalue weighted by Gasteiger charge is 2.62. The van der Waals surface area contributed by atoms with E-state index in [1.54, 1.807) is 24.4 Å². The van der Waals surface area contributed by atoms with Crippen molar-refractivity contribution in [2.24, 2.45) is 17.3 Å². The molecule has 1 aromatic carbocycles. The van der Waals surface area contributed by atoms with E-state index in [1.807, 2.05) is 32.1 Å². The zero-order valence-electron chi connectivity index (χ0n) is 17.4. The van der Waals surface area contributed by atoms with Gasteiger partial charge in [0.25, 0.3) is 0 Å². The molecule has 1 aromatic heterocycles. The Morgan fingerprint density at radius 2 is 2.23 bits per heavy atom. The van der Waals surface area contributed by atoms with Crippen molar-refractivity contribution in [1.82, 2.24) is 9.97 Å². The minimum absolute atomic E-state index is 0.0744. The molecule has 4 rings (SSSR count). The van der Waals surface area contributed by atoms with E-state index in [1.165, 1.54) is 0 Å². The van der Waals surface area contributed by atoms with Crippen molar-refractivity contribution in [3.05, 3.63) is 70.8 Å². The Kier molecular flexibility index (Phi) is 5.79. The molecule has 0 bridgehead atoms. The molecule has 0 spiro atoms. The molecular weight excluding hydrogens is 412 g/mol. The van der Waals surface area contributed by atoms with Gasteiger partial charge in [0.1, 0.15) is 11.9 Å². The molecule has 1 heterocycles. The lowest BCUT2D eigenvalue weighted by atomic mass is 9.82. The van der Waals surface area contributed by atoms with Crippen LogP contribution in [0.1, 0.15) is 29.9 Å². The standard InChI is InChI=1S/C24H23ClN4O2/c1-15-22(13-27-16(2)28-15)31-14-24(18-6-4-3-5-7-18)11-20(24)23(30)29-19-8-9-21(25)17(10-19)12-26/h3-6,8-10,13,18,20H,7,11,14H2,1-2H3,(H,29,30)/t18?,20-,24+/m0/s1. The van der Waals surface area contributed by atoms with Crippen LogP contribution in [0.25, 0.3) is 0 Å². The summed E-state index contributed by atoms with van der Waals surface area (Å²) >= 11 is 6.00. The lowest BCUT2D eigenvalue weighted by Gasteiger charge is -2.26. The molecule has 0 aliphatic heterocycles. The third kappa shape index (κ3) is 4.33. The molecular formula is C24H23ClN4O2. The fourth-order valence-corrected chi connectivity index (χ4v) is 4.36. The number of benzene rings is 1. The Morgan fingerprint density at radius 1 is 1.39 bits per heavy atom. The predicted octanol–water partition coefficient (Wildman–Crippen LogP) is 4.77. The van der Waals surface area contributed by atoms with Gasteiger partial charge in [0.15, 0.2) is 5.75 Å². The molecule has 31 heavy (non-hydrogen) atoms. The van der Waals surface area contributed by atoms with Crippen LogP contribution >= 0.6 is 11.6 Å². The lowest BCUT2D eigenvalue weighted by molar-refractivity contribution is -0.118. The van der Waals surface area contributed by atoms with Gasteiger partial charge in [-0.3, -0.25) is 4.79 Å². The lowest BCUT2D eigenvalue weighted by Crippen LogP contribution is -2.29. The molecule has 2 aromatic rings. The summed E-state index contributed by atoms with van der Waals surface area (Å²) in [6.45, 7) is 4.14. The number of rotatable bonds is 6. The molecule has 1 amide bonds. The van der Waals surface area contributed by atoms with Gasteiger partial charge in [-0.15, -0.1) is 0 Å². The second kappa shape index (κ2) is 8.52. The van der Waals surface area contributed by atoms with Crippen molar-refractivity contribution in [2.75, 3.05) is 11.9 Å². The number of allylic oxidation sites excluding steroid dienone is 4. The molecule has 7 heteroatoms. The summed E-state index contributed by atoms with van der Waals surface area (Å²) in [6, 6.07) is 6.96. The van der Waals surface area contributed by atoms with Crippen molar-refractivity contribution in [3.8, 4) is 11.8 Å². The summed E-state index contributed by atoms with van der Waals surface area (Å²) in [5.74, 6) is 1.28. The van der Waals surface area contributed by atoms with Crippen molar-refractivity contribution in [3.63, 3.8) is 0 Å². The van der Waals surface area contributed by atoms with Crippen LogP contribution in [0.15, 0.2) is 48.7 Å². The van der Waals surface area contributed by atoms with Crippen LogP contribution in [0.3, 0.4) is 0 Å². The SMILES string of the molecule is Cc1ncc(OC[C@@]2(C3C=CC=CC3)C[C@H]2C(=O)Nc2ccc(Cl)c(C#N)c2)c(C)n1. The van der Waals surface area contributed by atoms with Crippen LogP contribution in [0.2, 0.25) is 5.02 Å². The second-order valence-electron chi connectivity index (χ2n) is 8.10. The van der Waals surface area contributed by atoms with Gasteiger partial charge in [-0.05, 0) is 50.8 Å². The van der Waals surface area contributed by atoms with Gasteiger partial charge in [0, 0.05) is 17.0 Å². The molecule has 0 radical (unpaired) electrons. The van der Waals surface area contributed by atoms with Crippen molar-refractivity contribution in [2.45, 2.75) is 26.7 Å². The zero-order chi connectivity index (χ0) is 22.0. The minimum Gasteiger partial charge on any atom is -0.489 e. The number of carbonyl (C=O) groups excluding carboxylic acids is 1. The van der Waals surface area contributed by atoms with Crippen LogP contribution in [0.4, 0.5) is 5.69 Å². The van der Waals surface area contributed by atoms with Crippen LogP contribution in [-0.4, -0.2) is 22.5 Å². The van der Waals surface area contributed by atoms with E-state index in [4.69, 9.17) is 16.3 Å². The van der Waals surface area contributed by atoms with Crippen LogP contribution in [0, 0.1) is 42.4 Å². The van der Waals surface area contributed by atoms with Crippen molar-refractivity contribution < 1.29 is 9.53 Å². The number of anilines is 1. The Labute approximate surface area is 186 Å². The monoisotopic (exact) mass is 434 g/mol. The largest absolute Gasteiger partial charge is 0.489 e. The first-order valence-corrected chi connectivity index (χ1v) is 10.6. The Hall–Kier alpha value is -3.17. The molecule has 158 valence electrons. The zero-order valence-corrected chi connectivity index (χ0v) is 18.2. The van der Waals surface area contributed by atoms with Gasteiger partial charge in [0.2, 0.25) is 5.91 Å². The van der Waals surface area contributed by atoms with Gasteiger partial charge in [0.05, 0.1) is 29.1 Å². The highest BCUT2D eigenvalue weighted by Crippen LogP contribution is 2.60. The maximum Gasteiger partial charge on any atom is 0.228 e. The minimum atomic E-state index is -0.298. The number of amides is 1. The molecule has 1 unspecified atom stereocenters. The Morgan fingerprint density at radius 3 is 2.94 bits per heavy atom. The fourth-order valence-electron chi connectivity index (χ4n) is 4.20. The molecule has 0 saturated heterocycles. The predicted molar refractivity (Wildman–Crippen MR) is 119 cm³/mol. The normalized spacial score (nSPS) is 23.8. The molecule has 3 atom stereocenters. The number of hydrogen-bond acceptors (Lipinski definition) is 5. The number of nitrogens with zero attached hydrogens (tertiary/aromatic N) is 3. The summed E-state index contributed by atoms with van der Waals surface area (Å²) in [5, 5.41) is 12.5. The summed E-state index contributed by atoms with van der Waals surface area (Å²) in [7, 11) is 0. The first-order valence-electron chi connectivity index (χ1n) is 10.2. The van der Waals surface area contributed by atoms with Crippen LogP contribution < -0.4 is 10.1 Å². The van der Waals surface area contributed by atoms with E-state index in [0.717, 1.165) is 18.5 Å². The molecule has 6 nitrogen and oxygen atoms in total. The number of carbonyl (C=O) groups is 1. The third-order valence-corrected chi connectivity index (χ3v) is 6.39. The maximum atomic E-state index is 13.1. The van der Waals surface area contributed by atoms with E-state index >= 15 is 0 Å². The number of aromatic nitrogens is 2. The maximum absolute atomic E-state index is 13.1. The number of nitrogens with one attached hydrogen (secondary N) is 1. The Balaban J connectivity index is 1.51. The number of nitriles is 1. The van der Waals surface area contributed by atoms with Crippen LogP contribution in [0.5, 0.6) is 5.75 Å². The second-order valence-corrected chi connectivity index (χ2v) is 8.50. The number of aryl methyl sites for hydroxylation is 2. The third-order valence-electron chi connectivity index (χ3n) is 6.06. The molecule has 1 fully saturated rings. The number of ether oxygens (including phenoxy) is 1. The van der Waals surface area contributed by atoms with E-state index in [-0.39, 0.29) is 23.2 Å². The first-order chi connectivity index (χ1) is 14.9. The van der Waals surface area contributed by atoms with E-state index < -0.39 is 0 Å². The quantitative estimate of drug-likeness (QED) is 0.707. The Bertz CT molecular complexity index is 1120. The average molecular weight is 435 g/mol. The number of hydrogen-bond donors (Lipinski definition) is 1. The molecule has 2 aliphatic carbocycles. The van der Waals surface area contributed by atoms with Gasteiger partial charge in [-0.1, -0.05) is 35.9 Å².